The quantitative estimate of drug-likeness (QED) is 0.928. The molecule has 1 aliphatic rings. The Morgan fingerprint density at radius 2 is 2.22 bits per heavy atom. The average Bonchev–Trinajstić information content (AvgIpc) is 2.31. The molecule has 0 unspecified atom stereocenters. The van der Waals surface area contributed by atoms with E-state index < -0.39 is 0 Å². The molecule has 1 amide bonds. The molecule has 18 heavy (non-hydrogen) atoms. The SMILES string of the molecule is COC1(CNC(=O)c2cc(C)ccc2Br)CCC1. The van der Waals surface area contributed by atoms with Gasteiger partial charge < -0.3 is 10.1 Å². The second-order valence-corrected chi connectivity index (χ2v) is 5.76. The van der Waals surface area contributed by atoms with Gasteiger partial charge in [0, 0.05) is 18.1 Å². The zero-order chi connectivity index (χ0) is 13.2. The van der Waals surface area contributed by atoms with Gasteiger partial charge >= 0.3 is 0 Å². The van der Waals surface area contributed by atoms with Crippen LogP contribution in [0.4, 0.5) is 0 Å². The number of hydrogen-bond donors (Lipinski definition) is 1. The fraction of sp³-hybridized carbons (Fsp3) is 0.500. The molecule has 1 aliphatic carbocycles. The summed E-state index contributed by atoms with van der Waals surface area (Å²) in [6.45, 7) is 2.56. The molecule has 0 aliphatic heterocycles. The third-order valence-electron chi connectivity index (χ3n) is 3.64. The molecule has 0 spiro atoms. The van der Waals surface area contributed by atoms with E-state index in [1.807, 2.05) is 25.1 Å². The maximum absolute atomic E-state index is 12.1. The summed E-state index contributed by atoms with van der Waals surface area (Å²) in [5, 5.41) is 2.97. The number of amides is 1. The molecule has 0 atom stereocenters. The molecule has 0 aromatic heterocycles. The molecule has 3 nitrogen and oxygen atoms in total. The molecule has 0 saturated heterocycles. The number of halogens is 1. The van der Waals surface area contributed by atoms with Crippen LogP contribution in [-0.2, 0) is 4.74 Å². The van der Waals surface area contributed by atoms with Crippen LogP contribution in [0.3, 0.4) is 0 Å². The van der Waals surface area contributed by atoms with Crippen LogP contribution in [0.25, 0.3) is 0 Å². The van der Waals surface area contributed by atoms with E-state index in [1.165, 1.54) is 6.42 Å². The molecule has 1 saturated carbocycles. The Morgan fingerprint density at radius 3 is 2.78 bits per heavy atom. The molecule has 1 aromatic rings. The van der Waals surface area contributed by atoms with Crippen LogP contribution in [0.5, 0.6) is 0 Å². The molecule has 0 bridgehead atoms. The van der Waals surface area contributed by atoms with E-state index >= 15 is 0 Å². The fourth-order valence-electron chi connectivity index (χ4n) is 2.17. The maximum Gasteiger partial charge on any atom is 0.252 e. The summed E-state index contributed by atoms with van der Waals surface area (Å²) in [7, 11) is 1.72. The summed E-state index contributed by atoms with van der Waals surface area (Å²) in [5.74, 6) is -0.0473. The van der Waals surface area contributed by atoms with Gasteiger partial charge in [0.1, 0.15) is 0 Å². The third-order valence-corrected chi connectivity index (χ3v) is 4.33. The first-order valence-electron chi connectivity index (χ1n) is 6.16. The highest BCUT2D eigenvalue weighted by atomic mass is 79.9. The molecular formula is C14H18BrNO2. The summed E-state index contributed by atoms with van der Waals surface area (Å²) in [4.78, 5) is 12.1. The van der Waals surface area contributed by atoms with Crippen molar-refractivity contribution in [2.45, 2.75) is 31.8 Å². The highest BCUT2D eigenvalue weighted by molar-refractivity contribution is 9.10. The fourth-order valence-corrected chi connectivity index (χ4v) is 2.60. The largest absolute Gasteiger partial charge is 0.376 e. The van der Waals surface area contributed by atoms with Crippen LogP contribution in [0.2, 0.25) is 0 Å². The van der Waals surface area contributed by atoms with E-state index in [0.29, 0.717) is 12.1 Å². The van der Waals surface area contributed by atoms with Crippen LogP contribution >= 0.6 is 15.9 Å². The Bertz CT molecular complexity index is 450. The second kappa shape index (κ2) is 5.41. The standard InChI is InChI=1S/C14H18BrNO2/c1-10-4-5-12(15)11(8-10)13(17)16-9-14(18-2)6-3-7-14/h4-5,8H,3,6-7,9H2,1-2H3,(H,16,17). The zero-order valence-corrected chi connectivity index (χ0v) is 12.3. The minimum atomic E-state index is -0.133. The summed E-state index contributed by atoms with van der Waals surface area (Å²) < 4.78 is 6.31. The Hall–Kier alpha value is -0.870. The van der Waals surface area contributed by atoms with Gasteiger partial charge in [0.2, 0.25) is 0 Å². The number of methoxy groups -OCH3 is 1. The Balaban J connectivity index is 2.01. The van der Waals surface area contributed by atoms with E-state index in [4.69, 9.17) is 4.74 Å². The molecule has 0 heterocycles. The Kier molecular flexibility index (Phi) is 4.07. The smallest absolute Gasteiger partial charge is 0.252 e. The minimum Gasteiger partial charge on any atom is -0.376 e. The lowest BCUT2D eigenvalue weighted by molar-refractivity contribution is -0.0679. The Labute approximate surface area is 116 Å². The van der Waals surface area contributed by atoms with E-state index in [9.17, 15) is 4.79 Å². The van der Waals surface area contributed by atoms with Crippen LogP contribution < -0.4 is 5.32 Å². The van der Waals surface area contributed by atoms with E-state index in [2.05, 4.69) is 21.2 Å². The van der Waals surface area contributed by atoms with E-state index in [0.717, 1.165) is 22.9 Å². The van der Waals surface area contributed by atoms with Crippen LogP contribution in [0, 0.1) is 6.92 Å². The van der Waals surface area contributed by atoms with Gasteiger partial charge in [0.25, 0.3) is 5.91 Å². The third kappa shape index (κ3) is 2.75. The van der Waals surface area contributed by atoms with Crippen molar-refractivity contribution < 1.29 is 9.53 Å². The van der Waals surface area contributed by atoms with Gasteiger partial charge in [-0.15, -0.1) is 0 Å². The first-order valence-corrected chi connectivity index (χ1v) is 6.95. The first kappa shape index (κ1) is 13.6. The average molecular weight is 312 g/mol. The number of carbonyl (C=O) groups is 1. The van der Waals surface area contributed by atoms with Gasteiger partial charge in [0.15, 0.2) is 0 Å². The highest BCUT2D eigenvalue weighted by Gasteiger charge is 2.37. The van der Waals surface area contributed by atoms with E-state index in [1.54, 1.807) is 7.11 Å². The minimum absolute atomic E-state index is 0.0473. The normalized spacial score (nSPS) is 17.1. The van der Waals surface area contributed by atoms with Gasteiger partial charge in [-0.2, -0.15) is 0 Å². The number of hydrogen-bond acceptors (Lipinski definition) is 2. The van der Waals surface area contributed by atoms with Crippen molar-refractivity contribution in [3.05, 3.63) is 33.8 Å². The molecule has 1 aromatic carbocycles. The summed E-state index contributed by atoms with van der Waals surface area (Å²) in [6, 6.07) is 5.77. The predicted octanol–water partition coefficient (Wildman–Crippen LogP) is 3.06. The highest BCUT2D eigenvalue weighted by Crippen LogP contribution is 2.34. The van der Waals surface area contributed by atoms with Crippen molar-refractivity contribution in [3.63, 3.8) is 0 Å². The van der Waals surface area contributed by atoms with E-state index in [-0.39, 0.29) is 11.5 Å². The number of aryl methyl sites for hydroxylation is 1. The lowest BCUT2D eigenvalue weighted by Crippen LogP contribution is -2.49. The van der Waals surface area contributed by atoms with Crippen molar-refractivity contribution >= 4 is 21.8 Å². The van der Waals surface area contributed by atoms with Gasteiger partial charge in [-0.3, -0.25) is 4.79 Å². The summed E-state index contributed by atoms with van der Waals surface area (Å²) >= 11 is 3.41. The second-order valence-electron chi connectivity index (χ2n) is 4.91. The van der Waals surface area contributed by atoms with Crippen molar-refractivity contribution in [3.8, 4) is 0 Å². The predicted molar refractivity (Wildman–Crippen MR) is 74.8 cm³/mol. The van der Waals surface area contributed by atoms with Crippen molar-refractivity contribution in [2.24, 2.45) is 0 Å². The van der Waals surface area contributed by atoms with Gasteiger partial charge in [-0.1, -0.05) is 11.6 Å². The van der Waals surface area contributed by atoms with Gasteiger partial charge in [0.05, 0.1) is 11.2 Å². The number of rotatable bonds is 4. The van der Waals surface area contributed by atoms with Crippen molar-refractivity contribution in [2.75, 3.05) is 13.7 Å². The summed E-state index contributed by atoms with van der Waals surface area (Å²) in [5.41, 5.74) is 1.63. The van der Waals surface area contributed by atoms with Crippen LogP contribution in [-0.4, -0.2) is 25.2 Å². The van der Waals surface area contributed by atoms with Crippen molar-refractivity contribution in [1.29, 1.82) is 0 Å². The molecule has 1 N–H and O–H groups in total. The number of benzene rings is 1. The topological polar surface area (TPSA) is 38.3 Å². The summed E-state index contributed by atoms with van der Waals surface area (Å²) in [6.07, 6.45) is 3.23. The monoisotopic (exact) mass is 311 g/mol. The molecule has 4 heteroatoms. The van der Waals surface area contributed by atoms with Gasteiger partial charge in [-0.05, 0) is 54.2 Å². The van der Waals surface area contributed by atoms with Crippen LogP contribution in [0.1, 0.15) is 35.2 Å². The Morgan fingerprint density at radius 1 is 1.50 bits per heavy atom. The first-order chi connectivity index (χ1) is 8.56. The van der Waals surface area contributed by atoms with Gasteiger partial charge in [-0.25, -0.2) is 0 Å². The molecular weight excluding hydrogens is 294 g/mol. The maximum atomic E-state index is 12.1. The zero-order valence-electron chi connectivity index (χ0n) is 10.8. The van der Waals surface area contributed by atoms with Crippen LogP contribution in [0.15, 0.2) is 22.7 Å². The molecule has 0 radical (unpaired) electrons. The lowest BCUT2D eigenvalue weighted by atomic mass is 9.80. The number of nitrogens with one attached hydrogen (secondary N) is 1. The molecule has 1 fully saturated rings. The molecule has 2 rings (SSSR count). The lowest BCUT2D eigenvalue weighted by Gasteiger charge is -2.40. The number of ether oxygens (including phenoxy) is 1. The number of carbonyl (C=O) groups excluding carboxylic acids is 1. The molecule has 98 valence electrons. The van der Waals surface area contributed by atoms with Crippen molar-refractivity contribution in [1.82, 2.24) is 5.32 Å².